The molecule has 4 N–H and O–H groups in total. The second-order valence-electron chi connectivity index (χ2n) is 4.89. The van der Waals surface area contributed by atoms with Gasteiger partial charge in [-0.25, -0.2) is 0 Å². The minimum atomic E-state index is -0.200. The number of rotatable bonds is 4. The molecule has 0 saturated heterocycles. The number of pyridine rings is 1. The summed E-state index contributed by atoms with van der Waals surface area (Å²) in [7, 11) is 0. The fourth-order valence-electron chi connectivity index (χ4n) is 2.43. The quantitative estimate of drug-likeness (QED) is 0.689. The van der Waals surface area contributed by atoms with E-state index in [4.69, 9.17) is 10.5 Å². The highest BCUT2D eigenvalue weighted by atomic mass is 16.5. The maximum atomic E-state index is 12.3. The number of phenols is 1. The van der Waals surface area contributed by atoms with E-state index >= 15 is 0 Å². The number of H-pyrrole nitrogens is 1. The van der Waals surface area contributed by atoms with Gasteiger partial charge in [0.2, 0.25) is 0 Å². The number of aromatic nitrogens is 1. The van der Waals surface area contributed by atoms with E-state index in [9.17, 15) is 9.90 Å². The summed E-state index contributed by atoms with van der Waals surface area (Å²) in [5, 5.41) is 10.9. The molecule has 0 spiro atoms. The van der Waals surface area contributed by atoms with Crippen molar-refractivity contribution in [3.05, 3.63) is 58.9 Å². The van der Waals surface area contributed by atoms with Gasteiger partial charge in [0, 0.05) is 17.5 Å². The number of aromatic amines is 1. The molecule has 0 aliphatic heterocycles. The minimum Gasteiger partial charge on any atom is -0.508 e. The van der Waals surface area contributed by atoms with Crippen LogP contribution in [0.2, 0.25) is 0 Å². The Balaban J connectivity index is 2.30. The van der Waals surface area contributed by atoms with Crippen LogP contribution in [-0.2, 0) is 0 Å². The van der Waals surface area contributed by atoms with E-state index in [-0.39, 0.29) is 11.3 Å². The second-order valence-corrected chi connectivity index (χ2v) is 4.89. The topological polar surface area (TPSA) is 88.3 Å². The number of hydrogen-bond donors (Lipinski definition) is 3. The van der Waals surface area contributed by atoms with Crippen LogP contribution in [-0.4, -0.2) is 23.2 Å². The molecule has 0 saturated carbocycles. The molecule has 3 rings (SSSR count). The number of benzene rings is 2. The lowest BCUT2D eigenvalue weighted by Crippen LogP contribution is -2.14. The Morgan fingerprint density at radius 1 is 1.09 bits per heavy atom. The Morgan fingerprint density at radius 2 is 1.86 bits per heavy atom. The van der Waals surface area contributed by atoms with Gasteiger partial charge >= 0.3 is 0 Å². The Morgan fingerprint density at radius 3 is 2.59 bits per heavy atom. The third-order valence-electron chi connectivity index (χ3n) is 3.38. The number of nitrogens with one attached hydrogen (secondary N) is 1. The van der Waals surface area contributed by atoms with Crippen LogP contribution >= 0.6 is 0 Å². The average molecular weight is 296 g/mol. The molecule has 3 aromatic rings. The van der Waals surface area contributed by atoms with E-state index in [1.807, 2.05) is 12.1 Å². The van der Waals surface area contributed by atoms with E-state index in [0.29, 0.717) is 35.5 Å². The smallest absolute Gasteiger partial charge is 0.256 e. The summed E-state index contributed by atoms with van der Waals surface area (Å²) in [6.07, 6.45) is 0. The van der Waals surface area contributed by atoms with E-state index in [0.717, 1.165) is 5.39 Å². The number of nitrogens with two attached hydrogens (primary N) is 1. The lowest BCUT2D eigenvalue weighted by molar-refractivity contribution is 0.332. The van der Waals surface area contributed by atoms with Crippen LogP contribution in [0, 0.1) is 0 Å². The van der Waals surface area contributed by atoms with Crippen molar-refractivity contribution in [3.8, 4) is 22.8 Å². The van der Waals surface area contributed by atoms with Crippen LogP contribution in [0.3, 0.4) is 0 Å². The van der Waals surface area contributed by atoms with Crippen molar-refractivity contribution < 1.29 is 9.84 Å². The lowest BCUT2D eigenvalue weighted by Gasteiger charge is -2.14. The van der Waals surface area contributed by atoms with Crippen molar-refractivity contribution in [1.29, 1.82) is 0 Å². The molecule has 1 heterocycles. The van der Waals surface area contributed by atoms with Crippen molar-refractivity contribution in [2.75, 3.05) is 13.2 Å². The van der Waals surface area contributed by atoms with Crippen LogP contribution in [0.4, 0.5) is 0 Å². The first-order valence-corrected chi connectivity index (χ1v) is 6.98. The van der Waals surface area contributed by atoms with Crippen molar-refractivity contribution in [2.45, 2.75) is 0 Å². The molecule has 0 amide bonds. The Kier molecular flexibility index (Phi) is 3.80. The van der Waals surface area contributed by atoms with Crippen LogP contribution < -0.4 is 16.0 Å². The standard InChI is InChI=1S/C17H16N2O3/c18-8-9-22-16-13-6-1-2-7-14(13)17(21)19-15(16)11-4-3-5-12(20)10-11/h1-7,10,20H,8-9,18H2,(H,19,21). The summed E-state index contributed by atoms with van der Waals surface area (Å²) in [5.74, 6) is 0.683. The first kappa shape index (κ1) is 14.2. The predicted octanol–water partition coefficient (Wildman–Crippen LogP) is 2.24. The fraction of sp³-hybridized carbons (Fsp3) is 0.118. The fourth-order valence-corrected chi connectivity index (χ4v) is 2.43. The van der Waals surface area contributed by atoms with Gasteiger partial charge in [-0.15, -0.1) is 0 Å². The van der Waals surface area contributed by atoms with Gasteiger partial charge in [-0.1, -0.05) is 30.3 Å². The average Bonchev–Trinajstić information content (AvgIpc) is 2.54. The van der Waals surface area contributed by atoms with Crippen LogP contribution in [0.1, 0.15) is 0 Å². The van der Waals surface area contributed by atoms with E-state index < -0.39 is 0 Å². The van der Waals surface area contributed by atoms with Crippen molar-refractivity contribution in [1.82, 2.24) is 4.98 Å². The molecular weight excluding hydrogens is 280 g/mol. The molecule has 5 heteroatoms. The van der Waals surface area contributed by atoms with E-state index in [2.05, 4.69) is 4.98 Å². The zero-order valence-electron chi connectivity index (χ0n) is 11.9. The summed E-state index contributed by atoms with van der Waals surface area (Å²) in [4.78, 5) is 15.1. The molecule has 112 valence electrons. The largest absolute Gasteiger partial charge is 0.508 e. The van der Waals surface area contributed by atoms with Crippen LogP contribution in [0.15, 0.2) is 53.3 Å². The third kappa shape index (κ3) is 2.54. The Bertz CT molecular complexity index is 871. The second kappa shape index (κ2) is 5.91. The normalized spacial score (nSPS) is 10.8. The molecule has 0 aliphatic rings. The number of aromatic hydroxyl groups is 1. The van der Waals surface area contributed by atoms with Gasteiger partial charge in [-0.2, -0.15) is 0 Å². The van der Waals surface area contributed by atoms with Gasteiger partial charge in [0.05, 0.1) is 11.1 Å². The summed E-state index contributed by atoms with van der Waals surface area (Å²) < 4.78 is 5.77. The molecule has 0 aliphatic carbocycles. The van der Waals surface area contributed by atoms with Crippen LogP contribution in [0.25, 0.3) is 22.0 Å². The molecule has 0 bridgehead atoms. The highest BCUT2D eigenvalue weighted by molar-refractivity contribution is 5.92. The summed E-state index contributed by atoms with van der Waals surface area (Å²) in [6, 6.07) is 13.9. The molecule has 2 aromatic carbocycles. The van der Waals surface area contributed by atoms with Gasteiger partial charge in [0.1, 0.15) is 12.4 Å². The maximum absolute atomic E-state index is 12.3. The summed E-state index contributed by atoms with van der Waals surface area (Å²) in [5.41, 5.74) is 6.54. The van der Waals surface area contributed by atoms with Crippen molar-refractivity contribution in [2.24, 2.45) is 5.73 Å². The Labute approximate surface area is 127 Å². The minimum absolute atomic E-state index is 0.122. The first-order valence-electron chi connectivity index (χ1n) is 6.98. The SMILES string of the molecule is NCCOc1c(-c2cccc(O)c2)[nH]c(=O)c2ccccc12. The number of ether oxygens (including phenoxy) is 1. The van der Waals surface area contributed by atoms with E-state index in [1.54, 1.807) is 36.4 Å². The third-order valence-corrected chi connectivity index (χ3v) is 3.38. The molecule has 0 atom stereocenters. The monoisotopic (exact) mass is 296 g/mol. The number of hydrogen-bond acceptors (Lipinski definition) is 4. The van der Waals surface area contributed by atoms with Gasteiger partial charge in [-0.05, 0) is 18.2 Å². The highest BCUT2D eigenvalue weighted by Crippen LogP contribution is 2.34. The Hall–Kier alpha value is -2.79. The van der Waals surface area contributed by atoms with Gasteiger partial charge < -0.3 is 20.6 Å². The molecular formula is C17H16N2O3. The molecule has 0 fully saturated rings. The molecule has 5 nitrogen and oxygen atoms in total. The molecule has 0 unspecified atom stereocenters. The number of fused-ring (bicyclic) bond motifs is 1. The van der Waals surface area contributed by atoms with Crippen molar-refractivity contribution >= 4 is 10.8 Å². The number of phenolic OH excluding ortho intramolecular Hbond substituents is 1. The predicted molar refractivity (Wildman–Crippen MR) is 86.2 cm³/mol. The molecule has 1 aromatic heterocycles. The first-order chi connectivity index (χ1) is 10.7. The van der Waals surface area contributed by atoms with E-state index in [1.165, 1.54) is 0 Å². The molecule has 22 heavy (non-hydrogen) atoms. The summed E-state index contributed by atoms with van der Waals surface area (Å²) in [6.45, 7) is 0.703. The van der Waals surface area contributed by atoms with Gasteiger partial charge in [0.25, 0.3) is 5.56 Å². The summed E-state index contributed by atoms with van der Waals surface area (Å²) >= 11 is 0. The lowest BCUT2D eigenvalue weighted by atomic mass is 10.1. The maximum Gasteiger partial charge on any atom is 0.256 e. The highest BCUT2D eigenvalue weighted by Gasteiger charge is 2.14. The molecule has 0 radical (unpaired) electrons. The van der Waals surface area contributed by atoms with Crippen molar-refractivity contribution in [3.63, 3.8) is 0 Å². The van der Waals surface area contributed by atoms with Gasteiger partial charge in [-0.3, -0.25) is 4.79 Å². The zero-order chi connectivity index (χ0) is 15.5. The zero-order valence-corrected chi connectivity index (χ0v) is 11.9. The van der Waals surface area contributed by atoms with Crippen LogP contribution in [0.5, 0.6) is 11.5 Å². The van der Waals surface area contributed by atoms with Gasteiger partial charge in [0.15, 0.2) is 5.75 Å².